The number of carbonyl (C=O) groups is 1. The van der Waals surface area contributed by atoms with Crippen molar-refractivity contribution in [2.45, 2.75) is 37.8 Å². The molecule has 7 heteroatoms. The second kappa shape index (κ2) is 6.12. The fourth-order valence-electron chi connectivity index (χ4n) is 1.79. The number of amides is 1. The number of hydrogen-bond acceptors (Lipinski definition) is 5. The van der Waals surface area contributed by atoms with Crippen LogP contribution in [0.5, 0.6) is 0 Å². The smallest absolute Gasteiger partial charge is 0.264 e. The maximum Gasteiger partial charge on any atom is 0.264 e. The van der Waals surface area contributed by atoms with Crippen LogP contribution in [0.1, 0.15) is 35.4 Å². The van der Waals surface area contributed by atoms with Crippen LogP contribution in [0.3, 0.4) is 0 Å². The highest BCUT2D eigenvalue weighted by Gasteiger charge is 2.21. The minimum absolute atomic E-state index is 0. The topological polar surface area (TPSA) is 80.9 Å². The SMILES string of the molecule is Cl.NC1CCC(NC(=O)c2cnns2)CC1. The predicted octanol–water partition coefficient (Wildman–Crippen LogP) is 0.960. The van der Waals surface area contributed by atoms with Crippen molar-refractivity contribution in [3.05, 3.63) is 11.1 Å². The predicted molar refractivity (Wildman–Crippen MR) is 64.9 cm³/mol. The Hall–Kier alpha value is -0.720. The summed E-state index contributed by atoms with van der Waals surface area (Å²) in [5.41, 5.74) is 5.79. The molecule has 1 aliphatic carbocycles. The van der Waals surface area contributed by atoms with Gasteiger partial charge in [0.1, 0.15) is 4.88 Å². The minimum atomic E-state index is -0.0644. The number of nitrogens with zero attached hydrogens (tertiary/aromatic N) is 2. The van der Waals surface area contributed by atoms with Crippen molar-refractivity contribution in [1.82, 2.24) is 14.9 Å². The zero-order valence-electron chi connectivity index (χ0n) is 8.76. The van der Waals surface area contributed by atoms with Crippen LogP contribution in [0.15, 0.2) is 6.20 Å². The van der Waals surface area contributed by atoms with E-state index in [1.54, 1.807) is 0 Å². The van der Waals surface area contributed by atoms with E-state index in [1.807, 2.05) is 0 Å². The van der Waals surface area contributed by atoms with Gasteiger partial charge in [-0.3, -0.25) is 4.79 Å². The monoisotopic (exact) mass is 262 g/mol. The Morgan fingerprint density at radius 3 is 2.69 bits per heavy atom. The van der Waals surface area contributed by atoms with E-state index < -0.39 is 0 Å². The molecule has 1 heterocycles. The molecule has 1 amide bonds. The first-order valence-electron chi connectivity index (χ1n) is 5.09. The number of carbonyl (C=O) groups excluding carboxylic acids is 1. The third-order valence-electron chi connectivity index (χ3n) is 2.69. The Labute approximate surface area is 104 Å². The molecule has 1 fully saturated rings. The third-order valence-corrected chi connectivity index (χ3v) is 3.36. The molecule has 1 aliphatic rings. The van der Waals surface area contributed by atoms with Gasteiger partial charge >= 0.3 is 0 Å². The largest absolute Gasteiger partial charge is 0.349 e. The van der Waals surface area contributed by atoms with Crippen molar-refractivity contribution in [2.24, 2.45) is 5.73 Å². The quantitative estimate of drug-likeness (QED) is 0.832. The molecule has 0 unspecified atom stereocenters. The van der Waals surface area contributed by atoms with Crippen molar-refractivity contribution in [1.29, 1.82) is 0 Å². The summed E-state index contributed by atoms with van der Waals surface area (Å²) in [7, 11) is 0. The lowest BCUT2D eigenvalue weighted by Gasteiger charge is -2.26. The van der Waals surface area contributed by atoms with Crippen LogP contribution in [-0.4, -0.2) is 27.6 Å². The molecule has 0 atom stereocenters. The van der Waals surface area contributed by atoms with Crippen LogP contribution in [0.4, 0.5) is 0 Å². The van der Waals surface area contributed by atoms with Crippen molar-refractivity contribution in [2.75, 3.05) is 0 Å². The lowest BCUT2D eigenvalue weighted by atomic mass is 9.92. The average Bonchev–Trinajstić information content (AvgIpc) is 2.74. The molecule has 0 saturated heterocycles. The number of nitrogens with one attached hydrogen (secondary N) is 1. The van der Waals surface area contributed by atoms with Crippen LogP contribution in [0, 0.1) is 0 Å². The van der Waals surface area contributed by atoms with E-state index in [9.17, 15) is 4.79 Å². The third kappa shape index (κ3) is 3.40. The Morgan fingerprint density at radius 1 is 1.44 bits per heavy atom. The number of hydrogen-bond donors (Lipinski definition) is 2. The zero-order valence-corrected chi connectivity index (χ0v) is 10.4. The zero-order chi connectivity index (χ0) is 10.7. The maximum atomic E-state index is 11.6. The van der Waals surface area contributed by atoms with Gasteiger partial charge in [-0.25, -0.2) is 0 Å². The Bertz CT molecular complexity index is 324. The molecule has 90 valence electrons. The van der Waals surface area contributed by atoms with E-state index in [-0.39, 0.29) is 24.4 Å². The van der Waals surface area contributed by atoms with Gasteiger partial charge in [0.25, 0.3) is 5.91 Å². The first-order chi connectivity index (χ1) is 7.25. The molecular formula is C9H15ClN4OS. The highest BCUT2D eigenvalue weighted by Crippen LogP contribution is 2.17. The number of nitrogens with two attached hydrogens (primary N) is 1. The molecule has 0 spiro atoms. The van der Waals surface area contributed by atoms with Gasteiger partial charge < -0.3 is 11.1 Å². The van der Waals surface area contributed by atoms with Crippen molar-refractivity contribution >= 4 is 29.8 Å². The molecule has 16 heavy (non-hydrogen) atoms. The summed E-state index contributed by atoms with van der Waals surface area (Å²) in [6.07, 6.45) is 5.42. The summed E-state index contributed by atoms with van der Waals surface area (Å²) in [6, 6.07) is 0.572. The van der Waals surface area contributed by atoms with Crippen LogP contribution >= 0.6 is 23.9 Å². The van der Waals surface area contributed by atoms with E-state index in [0.717, 1.165) is 37.2 Å². The summed E-state index contributed by atoms with van der Waals surface area (Å²) in [4.78, 5) is 12.2. The van der Waals surface area contributed by atoms with Crippen LogP contribution in [-0.2, 0) is 0 Å². The van der Waals surface area contributed by atoms with Gasteiger partial charge in [-0.2, -0.15) is 0 Å². The van der Waals surface area contributed by atoms with Crippen molar-refractivity contribution in [3.63, 3.8) is 0 Å². The molecule has 1 aromatic heterocycles. The molecule has 1 saturated carbocycles. The number of halogens is 1. The molecule has 3 N–H and O–H groups in total. The van der Waals surface area contributed by atoms with E-state index in [0.29, 0.717) is 10.9 Å². The standard InChI is InChI=1S/C9H14N4OS.ClH/c10-6-1-3-7(4-2-6)12-9(14)8-5-11-13-15-8;/h5-7H,1-4,10H2,(H,12,14);1H. The fraction of sp³-hybridized carbons (Fsp3) is 0.667. The lowest BCUT2D eigenvalue weighted by Crippen LogP contribution is -2.40. The summed E-state index contributed by atoms with van der Waals surface area (Å²) in [5, 5.41) is 6.61. The maximum absolute atomic E-state index is 11.6. The van der Waals surface area contributed by atoms with Crippen molar-refractivity contribution in [3.8, 4) is 0 Å². The minimum Gasteiger partial charge on any atom is -0.349 e. The molecule has 0 aliphatic heterocycles. The van der Waals surface area contributed by atoms with Gasteiger partial charge in [-0.1, -0.05) is 4.49 Å². The highest BCUT2D eigenvalue weighted by molar-refractivity contribution is 7.07. The fourth-order valence-corrected chi connectivity index (χ4v) is 2.21. The molecule has 0 bridgehead atoms. The Balaban J connectivity index is 0.00000128. The molecule has 1 aromatic rings. The van der Waals surface area contributed by atoms with Crippen LogP contribution < -0.4 is 11.1 Å². The van der Waals surface area contributed by atoms with Crippen LogP contribution in [0.2, 0.25) is 0 Å². The van der Waals surface area contributed by atoms with Gasteiger partial charge in [0, 0.05) is 12.1 Å². The molecule has 0 aromatic carbocycles. The van der Waals surface area contributed by atoms with E-state index in [2.05, 4.69) is 14.9 Å². The van der Waals surface area contributed by atoms with E-state index in [4.69, 9.17) is 5.73 Å². The van der Waals surface area contributed by atoms with Crippen molar-refractivity contribution < 1.29 is 4.79 Å². The van der Waals surface area contributed by atoms with Gasteiger partial charge in [0.15, 0.2) is 0 Å². The van der Waals surface area contributed by atoms with Crippen LogP contribution in [0.25, 0.3) is 0 Å². The Kier molecular flexibility index (Phi) is 5.11. The van der Waals surface area contributed by atoms with E-state index in [1.165, 1.54) is 6.20 Å². The van der Waals surface area contributed by atoms with E-state index >= 15 is 0 Å². The molecule has 5 nitrogen and oxygen atoms in total. The average molecular weight is 263 g/mol. The van der Waals surface area contributed by atoms with Gasteiger partial charge in [0.2, 0.25) is 0 Å². The lowest BCUT2D eigenvalue weighted by molar-refractivity contribution is 0.0930. The summed E-state index contributed by atoms with van der Waals surface area (Å²) in [5.74, 6) is -0.0644. The summed E-state index contributed by atoms with van der Waals surface area (Å²) < 4.78 is 3.66. The number of rotatable bonds is 2. The summed E-state index contributed by atoms with van der Waals surface area (Å²) >= 11 is 1.12. The normalized spacial score (nSPS) is 24.6. The molecule has 0 radical (unpaired) electrons. The summed E-state index contributed by atoms with van der Waals surface area (Å²) in [6.45, 7) is 0. The first-order valence-corrected chi connectivity index (χ1v) is 5.87. The molecule has 2 rings (SSSR count). The Morgan fingerprint density at radius 2 is 2.12 bits per heavy atom. The van der Waals surface area contributed by atoms with Gasteiger partial charge in [-0.05, 0) is 37.2 Å². The second-order valence-electron chi connectivity index (χ2n) is 3.87. The highest BCUT2D eigenvalue weighted by atomic mass is 35.5. The second-order valence-corrected chi connectivity index (χ2v) is 4.65. The number of aromatic nitrogens is 2. The van der Waals surface area contributed by atoms with Gasteiger partial charge in [0.05, 0.1) is 6.20 Å². The van der Waals surface area contributed by atoms with Gasteiger partial charge in [-0.15, -0.1) is 17.5 Å². The first kappa shape index (κ1) is 13.3. The molecular weight excluding hydrogens is 248 g/mol.